The fourth-order valence-corrected chi connectivity index (χ4v) is 1.98. The summed E-state index contributed by atoms with van der Waals surface area (Å²) in [4.78, 5) is 10.5. The minimum atomic E-state index is -0.344. The van der Waals surface area contributed by atoms with Crippen molar-refractivity contribution in [2.24, 2.45) is 0 Å². The molecule has 0 atom stereocenters. The lowest BCUT2D eigenvalue weighted by molar-refractivity contribution is -0.385. The summed E-state index contributed by atoms with van der Waals surface area (Å²) >= 11 is 0. The predicted molar refractivity (Wildman–Crippen MR) is 76.3 cm³/mol. The van der Waals surface area contributed by atoms with Crippen LogP contribution < -0.4 is 5.32 Å². The first-order valence-electron chi connectivity index (χ1n) is 6.11. The smallest absolute Gasteiger partial charge is 0.272 e. The van der Waals surface area contributed by atoms with Gasteiger partial charge in [0.05, 0.1) is 4.92 Å². The van der Waals surface area contributed by atoms with Crippen LogP contribution in [0.4, 0.5) is 11.4 Å². The molecule has 19 heavy (non-hydrogen) atoms. The molecule has 0 aromatic heterocycles. The highest BCUT2D eigenvalue weighted by Gasteiger charge is 2.12. The summed E-state index contributed by atoms with van der Waals surface area (Å²) in [5.74, 6) is 0. The molecule has 0 bridgehead atoms. The lowest BCUT2D eigenvalue weighted by Gasteiger charge is -2.11. The van der Waals surface area contributed by atoms with Crippen molar-refractivity contribution in [1.29, 1.82) is 0 Å². The lowest BCUT2D eigenvalue weighted by atomic mass is 10.1. The zero-order valence-electron chi connectivity index (χ0n) is 11.0. The average molecular weight is 256 g/mol. The number of hydrogen-bond donors (Lipinski definition) is 1. The van der Waals surface area contributed by atoms with Gasteiger partial charge in [0.15, 0.2) is 0 Å². The fourth-order valence-electron chi connectivity index (χ4n) is 1.98. The van der Waals surface area contributed by atoms with Gasteiger partial charge in [-0.15, -0.1) is 0 Å². The summed E-state index contributed by atoms with van der Waals surface area (Å²) in [7, 11) is 0. The van der Waals surface area contributed by atoms with Gasteiger partial charge < -0.3 is 5.32 Å². The summed E-state index contributed by atoms with van der Waals surface area (Å²) in [6.45, 7) is 4.34. The minimum absolute atomic E-state index is 0.169. The van der Waals surface area contributed by atoms with Gasteiger partial charge in [-0.05, 0) is 31.0 Å². The standard InChI is InChI=1S/C15H16N2O2/c1-11-9-15(17(18)19)12(2)8-14(11)16-10-13-6-4-3-5-7-13/h3-9,16H,10H2,1-2H3. The van der Waals surface area contributed by atoms with Crippen molar-refractivity contribution in [2.45, 2.75) is 20.4 Å². The minimum Gasteiger partial charge on any atom is -0.381 e. The van der Waals surface area contributed by atoms with Crippen LogP contribution in [0.15, 0.2) is 42.5 Å². The molecule has 0 unspecified atom stereocenters. The van der Waals surface area contributed by atoms with E-state index >= 15 is 0 Å². The van der Waals surface area contributed by atoms with Gasteiger partial charge in [0.1, 0.15) is 0 Å². The third-order valence-electron chi connectivity index (χ3n) is 3.07. The van der Waals surface area contributed by atoms with Crippen LogP contribution in [-0.2, 0) is 6.54 Å². The van der Waals surface area contributed by atoms with Gasteiger partial charge in [0.25, 0.3) is 5.69 Å². The van der Waals surface area contributed by atoms with Gasteiger partial charge in [-0.3, -0.25) is 10.1 Å². The van der Waals surface area contributed by atoms with E-state index in [0.717, 1.165) is 11.3 Å². The molecule has 0 aliphatic rings. The zero-order chi connectivity index (χ0) is 13.8. The van der Waals surface area contributed by atoms with Crippen molar-refractivity contribution in [3.05, 3.63) is 69.3 Å². The number of benzene rings is 2. The van der Waals surface area contributed by atoms with E-state index < -0.39 is 0 Å². The molecule has 2 aromatic rings. The average Bonchev–Trinajstić information content (AvgIpc) is 2.40. The van der Waals surface area contributed by atoms with E-state index in [0.29, 0.717) is 12.1 Å². The molecular formula is C15H16N2O2. The molecular weight excluding hydrogens is 240 g/mol. The molecule has 4 heteroatoms. The number of nitrogens with zero attached hydrogens (tertiary/aromatic N) is 1. The highest BCUT2D eigenvalue weighted by atomic mass is 16.6. The Hall–Kier alpha value is -2.36. The number of hydrogen-bond acceptors (Lipinski definition) is 3. The third-order valence-corrected chi connectivity index (χ3v) is 3.07. The lowest BCUT2D eigenvalue weighted by Crippen LogP contribution is -2.02. The zero-order valence-corrected chi connectivity index (χ0v) is 11.0. The molecule has 1 N–H and O–H groups in total. The highest BCUT2D eigenvalue weighted by Crippen LogP contribution is 2.26. The molecule has 0 aliphatic heterocycles. The highest BCUT2D eigenvalue weighted by molar-refractivity contribution is 5.59. The van der Waals surface area contributed by atoms with Crippen LogP contribution in [0.3, 0.4) is 0 Å². The van der Waals surface area contributed by atoms with E-state index in [2.05, 4.69) is 5.32 Å². The van der Waals surface area contributed by atoms with Crippen molar-refractivity contribution in [3.63, 3.8) is 0 Å². The van der Waals surface area contributed by atoms with Crippen molar-refractivity contribution in [1.82, 2.24) is 0 Å². The second kappa shape index (κ2) is 5.52. The van der Waals surface area contributed by atoms with Crippen LogP contribution in [0.25, 0.3) is 0 Å². The summed E-state index contributed by atoms with van der Waals surface area (Å²) < 4.78 is 0. The maximum absolute atomic E-state index is 10.8. The van der Waals surface area contributed by atoms with Gasteiger partial charge in [-0.25, -0.2) is 0 Å². The monoisotopic (exact) mass is 256 g/mol. The predicted octanol–water partition coefficient (Wildman–Crippen LogP) is 3.82. The molecule has 2 rings (SSSR count). The van der Waals surface area contributed by atoms with Gasteiger partial charge in [0, 0.05) is 23.9 Å². The van der Waals surface area contributed by atoms with Gasteiger partial charge in [-0.1, -0.05) is 30.3 Å². The molecule has 0 fully saturated rings. The first-order valence-corrected chi connectivity index (χ1v) is 6.11. The fraction of sp³-hybridized carbons (Fsp3) is 0.200. The normalized spacial score (nSPS) is 10.2. The van der Waals surface area contributed by atoms with Crippen LogP contribution in [0.2, 0.25) is 0 Å². The van der Waals surface area contributed by atoms with E-state index in [1.165, 1.54) is 5.56 Å². The van der Waals surface area contributed by atoms with Crippen molar-refractivity contribution in [2.75, 3.05) is 5.32 Å². The Morgan fingerprint density at radius 2 is 1.79 bits per heavy atom. The summed E-state index contributed by atoms with van der Waals surface area (Å²) in [5, 5.41) is 14.2. The number of nitrogens with one attached hydrogen (secondary N) is 1. The third kappa shape index (κ3) is 3.10. The summed E-state index contributed by atoms with van der Waals surface area (Å²) in [5.41, 5.74) is 3.84. The number of nitro groups is 1. The molecule has 0 radical (unpaired) electrons. The maximum Gasteiger partial charge on any atom is 0.272 e. The molecule has 4 nitrogen and oxygen atoms in total. The van der Waals surface area contributed by atoms with Crippen molar-refractivity contribution >= 4 is 11.4 Å². The Morgan fingerprint density at radius 1 is 1.11 bits per heavy atom. The molecule has 0 aliphatic carbocycles. The van der Waals surface area contributed by atoms with Crippen LogP contribution in [0.5, 0.6) is 0 Å². The van der Waals surface area contributed by atoms with Gasteiger partial charge >= 0.3 is 0 Å². The second-order valence-electron chi connectivity index (χ2n) is 4.55. The molecule has 98 valence electrons. The largest absolute Gasteiger partial charge is 0.381 e. The molecule has 0 saturated carbocycles. The van der Waals surface area contributed by atoms with Crippen molar-refractivity contribution < 1.29 is 4.92 Å². The molecule has 0 amide bonds. The molecule has 2 aromatic carbocycles. The Morgan fingerprint density at radius 3 is 2.42 bits per heavy atom. The Labute approximate surface area is 112 Å². The van der Waals surface area contributed by atoms with Crippen LogP contribution in [-0.4, -0.2) is 4.92 Å². The summed E-state index contributed by atoms with van der Waals surface area (Å²) in [6, 6.07) is 13.5. The van der Waals surface area contributed by atoms with E-state index in [1.807, 2.05) is 43.3 Å². The first-order chi connectivity index (χ1) is 9.08. The Kier molecular flexibility index (Phi) is 3.80. The summed E-state index contributed by atoms with van der Waals surface area (Å²) in [6.07, 6.45) is 0. The van der Waals surface area contributed by atoms with E-state index in [4.69, 9.17) is 0 Å². The molecule has 0 heterocycles. The number of anilines is 1. The molecule has 0 spiro atoms. The van der Waals surface area contributed by atoms with E-state index in [9.17, 15) is 10.1 Å². The van der Waals surface area contributed by atoms with Gasteiger partial charge in [0.2, 0.25) is 0 Å². The Balaban J connectivity index is 2.17. The van der Waals surface area contributed by atoms with Crippen LogP contribution in [0, 0.1) is 24.0 Å². The number of aryl methyl sites for hydroxylation is 2. The second-order valence-corrected chi connectivity index (χ2v) is 4.55. The number of rotatable bonds is 4. The van der Waals surface area contributed by atoms with E-state index in [-0.39, 0.29) is 10.6 Å². The van der Waals surface area contributed by atoms with Crippen LogP contribution in [0.1, 0.15) is 16.7 Å². The first kappa shape index (κ1) is 13.1. The molecule has 0 saturated heterocycles. The van der Waals surface area contributed by atoms with Crippen molar-refractivity contribution in [3.8, 4) is 0 Å². The SMILES string of the molecule is Cc1cc([N+](=O)[O-])c(C)cc1NCc1ccccc1. The van der Waals surface area contributed by atoms with Crippen LogP contribution >= 0.6 is 0 Å². The number of nitro benzene ring substituents is 1. The van der Waals surface area contributed by atoms with E-state index in [1.54, 1.807) is 13.0 Å². The van der Waals surface area contributed by atoms with Gasteiger partial charge in [-0.2, -0.15) is 0 Å². The quantitative estimate of drug-likeness (QED) is 0.668. The topological polar surface area (TPSA) is 55.2 Å². The Bertz CT molecular complexity index is 595. The maximum atomic E-state index is 10.8.